The molecule has 0 spiro atoms. The first-order valence-corrected chi connectivity index (χ1v) is 6.55. The van der Waals surface area contributed by atoms with Gasteiger partial charge in [-0.15, -0.1) is 0 Å². The molecular weight excluding hydrogens is 263 g/mol. The number of halogens is 2. The maximum absolute atomic E-state index is 13.3. The van der Waals surface area contributed by atoms with E-state index >= 15 is 0 Å². The van der Waals surface area contributed by atoms with Crippen molar-refractivity contribution in [2.24, 2.45) is 0 Å². The standard InChI is InChI=1S/C16H16ClFO/c1-10-5-3-4-6-12(10)8-16(19)13-7-11(2)15(18)9-14(13)17/h3-7,9,16,19H,8H2,1-2H3. The molecule has 1 unspecified atom stereocenters. The fourth-order valence-corrected chi connectivity index (χ4v) is 2.37. The van der Waals surface area contributed by atoms with Crippen LogP contribution in [0.2, 0.25) is 5.02 Å². The Balaban J connectivity index is 2.28. The molecule has 2 aromatic rings. The lowest BCUT2D eigenvalue weighted by molar-refractivity contribution is 0.178. The van der Waals surface area contributed by atoms with Gasteiger partial charge in [0.25, 0.3) is 0 Å². The molecule has 0 aliphatic carbocycles. The van der Waals surface area contributed by atoms with Crippen molar-refractivity contribution in [3.8, 4) is 0 Å². The van der Waals surface area contributed by atoms with Gasteiger partial charge in [0.2, 0.25) is 0 Å². The summed E-state index contributed by atoms with van der Waals surface area (Å²) >= 11 is 6.00. The van der Waals surface area contributed by atoms with Crippen LogP contribution in [0, 0.1) is 19.7 Å². The van der Waals surface area contributed by atoms with Gasteiger partial charge in [0.05, 0.1) is 6.10 Å². The Bertz CT molecular complexity index is 595. The first-order valence-electron chi connectivity index (χ1n) is 6.17. The van der Waals surface area contributed by atoms with Gasteiger partial charge in [-0.05, 0) is 48.2 Å². The number of hydrogen-bond donors (Lipinski definition) is 1. The number of rotatable bonds is 3. The van der Waals surface area contributed by atoms with Crippen LogP contribution in [0.5, 0.6) is 0 Å². The van der Waals surface area contributed by atoms with E-state index in [0.717, 1.165) is 11.1 Å². The summed E-state index contributed by atoms with van der Waals surface area (Å²) in [4.78, 5) is 0. The molecule has 1 nitrogen and oxygen atoms in total. The molecule has 0 heterocycles. The molecule has 0 aliphatic heterocycles. The molecule has 0 saturated heterocycles. The summed E-state index contributed by atoms with van der Waals surface area (Å²) in [5, 5.41) is 10.6. The van der Waals surface area contributed by atoms with Crippen LogP contribution >= 0.6 is 11.6 Å². The van der Waals surface area contributed by atoms with Crippen molar-refractivity contribution in [3.05, 3.63) is 69.5 Å². The lowest BCUT2D eigenvalue weighted by atomic mass is 9.97. The zero-order chi connectivity index (χ0) is 14.0. The van der Waals surface area contributed by atoms with Crippen LogP contribution in [0.1, 0.15) is 28.4 Å². The van der Waals surface area contributed by atoms with Gasteiger partial charge in [0.15, 0.2) is 0 Å². The van der Waals surface area contributed by atoms with Gasteiger partial charge in [0, 0.05) is 11.4 Å². The molecule has 0 fully saturated rings. The Morgan fingerprint density at radius 3 is 2.53 bits per heavy atom. The second-order valence-corrected chi connectivity index (χ2v) is 5.18. The third-order valence-electron chi connectivity index (χ3n) is 3.31. The van der Waals surface area contributed by atoms with Gasteiger partial charge in [-0.1, -0.05) is 35.9 Å². The van der Waals surface area contributed by atoms with E-state index in [1.54, 1.807) is 13.0 Å². The lowest BCUT2D eigenvalue weighted by Gasteiger charge is -2.15. The number of hydrogen-bond acceptors (Lipinski definition) is 1. The van der Waals surface area contributed by atoms with Crippen LogP contribution < -0.4 is 0 Å². The summed E-state index contributed by atoms with van der Waals surface area (Å²) in [6.07, 6.45) is -0.259. The highest BCUT2D eigenvalue weighted by atomic mass is 35.5. The first-order chi connectivity index (χ1) is 8.99. The number of benzene rings is 2. The fourth-order valence-electron chi connectivity index (χ4n) is 2.09. The van der Waals surface area contributed by atoms with Gasteiger partial charge >= 0.3 is 0 Å². The first kappa shape index (κ1) is 14.0. The van der Waals surface area contributed by atoms with Crippen molar-refractivity contribution in [3.63, 3.8) is 0 Å². The Morgan fingerprint density at radius 2 is 1.84 bits per heavy atom. The topological polar surface area (TPSA) is 20.2 Å². The molecule has 19 heavy (non-hydrogen) atoms. The van der Waals surface area contributed by atoms with E-state index in [1.165, 1.54) is 6.07 Å². The average molecular weight is 279 g/mol. The van der Waals surface area contributed by atoms with Gasteiger partial charge < -0.3 is 5.11 Å². The van der Waals surface area contributed by atoms with Crippen LogP contribution in [0.15, 0.2) is 36.4 Å². The van der Waals surface area contributed by atoms with E-state index in [9.17, 15) is 9.50 Å². The van der Waals surface area contributed by atoms with Gasteiger partial charge in [-0.25, -0.2) is 4.39 Å². The lowest BCUT2D eigenvalue weighted by Crippen LogP contribution is -2.05. The largest absolute Gasteiger partial charge is 0.388 e. The van der Waals surface area contributed by atoms with Gasteiger partial charge in [-0.3, -0.25) is 0 Å². The molecule has 0 radical (unpaired) electrons. The van der Waals surface area contributed by atoms with Crippen molar-refractivity contribution in [1.29, 1.82) is 0 Å². The van der Waals surface area contributed by atoms with Gasteiger partial charge in [-0.2, -0.15) is 0 Å². The summed E-state index contributed by atoms with van der Waals surface area (Å²) in [5.41, 5.74) is 3.25. The second kappa shape index (κ2) is 5.72. The summed E-state index contributed by atoms with van der Waals surface area (Å²) in [6, 6.07) is 10.7. The summed E-state index contributed by atoms with van der Waals surface area (Å²) in [6.45, 7) is 3.66. The molecule has 2 rings (SSSR count). The summed E-state index contributed by atoms with van der Waals surface area (Å²) in [7, 11) is 0. The molecule has 0 aromatic heterocycles. The quantitative estimate of drug-likeness (QED) is 0.884. The fraction of sp³-hybridized carbons (Fsp3) is 0.250. The highest BCUT2D eigenvalue weighted by molar-refractivity contribution is 6.31. The number of aliphatic hydroxyl groups is 1. The molecule has 1 atom stereocenters. The van der Waals surface area contributed by atoms with E-state index in [4.69, 9.17) is 11.6 Å². The summed E-state index contributed by atoms with van der Waals surface area (Å²) in [5.74, 6) is -0.350. The van der Waals surface area contributed by atoms with Crippen molar-refractivity contribution < 1.29 is 9.50 Å². The maximum atomic E-state index is 13.3. The van der Waals surface area contributed by atoms with Gasteiger partial charge in [0.1, 0.15) is 5.82 Å². The van der Waals surface area contributed by atoms with Crippen molar-refractivity contribution >= 4 is 11.6 Å². The predicted octanol–water partition coefficient (Wildman–Crippen LogP) is 4.37. The minimum absolute atomic E-state index is 0.268. The van der Waals surface area contributed by atoms with Crippen molar-refractivity contribution in [1.82, 2.24) is 0 Å². The normalized spacial score (nSPS) is 12.5. The Hall–Kier alpha value is -1.38. The minimum Gasteiger partial charge on any atom is -0.388 e. The van der Waals surface area contributed by atoms with E-state index in [-0.39, 0.29) is 10.8 Å². The molecular formula is C16H16ClFO. The van der Waals surface area contributed by atoms with Crippen LogP contribution in [0.25, 0.3) is 0 Å². The molecule has 0 amide bonds. The molecule has 100 valence electrons. The van der Waals surface area contributed by atoms with E-state index < -0.39 is 6.10 Å². The monoisotopic (exact) mass is 278 g/mol. The summed E-state index contributed by atoms with van der Waals surface area (Å²) < 4.78 is 13.3. The zero-order valence-electron chi connectivity index (χ0n) is 11.0. The van der Waals surface area contributed by atoms with Crippen molar-refractivity contribution in [2.75, 3.05) is 0 Å². The van der Waals surface area contributed by atoms with Crippen molar-refractivity contribution in [2.45, 2.75) is 26.4 Å². The van der Waals surface area contributed by atoms with E-state index in [1.807, 2.05) is 31.2 Å². The van der Waals surface area contributed by atoms with Crippen LogP contribution in [-0.4, -0.2) is 5.11 Å². The second-order valence-electron chi connectivity index (χ2n) is 4.77. The minimum atomic E-state index is -0.729. The van der Waals surface area contributed by atoms with E-state index in [0.29, 0.717) is 17.5 Å². The Kier molecular flexibility index (Phi) is 4.23. The maximum Gasteiger partial charge on any atom is 0.127 e. The van der Waals surface area contributed by atoms with Crippen LogP contribution in [-0.2, 0) is 6.42 Å². The predicted molar refractivity (Wildman–Crippen MR) is 76.0 cm³/mol. The molecule has 0 saturated carbocycles. The third kappa shape index (κ3) is 3.14. The number of aliphatic hydroxyl groups excluding tert-OH is 1. The Labute approximate surface area is 117 Å². The molecule has 0 aliphatic rings. The highest BCUT2D eigenvalue weighted by Crippen LogP contribution is 2.28. The smallest absolute Gasteiger partial charge is 0.127 e. The zero-order valence-corrected chi connectivity index (χ0v) is 11.7. The number of aryl methyl sites for hydroxylation is 2. The third-order valence-corrected chi connectivity index (χ3v) is 3.64. The highest BCUT2D eigenvalue weighted by Gasteiger charge is 2.15. The molecule has 0 bridgehead atoms. The molecule has 2 aromatic carbocycles. The Morgan fingerprint density at radius 1 is 1.16 bits per heavy atom. The SMILES string of the molecule is Cc1cc(C(O)Cc2ccccc2C)c(Cl)cc1F. The van der Waals surface area contributed by atoms with Crippen LogP contribution in [0.3, 0.4) is 0 Å². The van der Waals surface area contributed by atoms with E-state index in [2.05, 4.69) is 0 Å². The average Bonchev–Trinajstić information content (AvgIpc) is 2.36. The van der Waals surface area contributed by atoms with Crippen LogP contribution in [0.4, 0.5) is 4.39 Å². The molecule has 3 heteroatoms. The molecule has 1 N–H and O–H groups in total.